The molecule has 0 radical (unpaired) electrons. The molecule has 0 bridgehead atoms. The van der Waals surface area contributed by atoms with Gasteiger partial charge in [0.25, 0.3) is 0 Å². The summed E-state index contributed by atoms with van der Waals surface area (Å²) in [6, 6.07) is 0. The monoisotopic (exact) mass is 272 g/mol. The van der Waals surface area contributed by atoms with E-state index in [2.05, 4.69) is 47.4 Å². The second-order valence-electron chi connectivity index (χ2n) is 7.19. The molecule has 0 fully saturated rings. The van der Waals surface area contributed by atoms with Crippen molar-refractivity contribution in [2.45, 2.75) is 78.3 Å². The molecule has 0 aromatic carbocycles. The zero-order chi connectivity index (χ0) is 14.7. The molecule has 1 N–H and O–H groups in total. The molecule has 3 heteroatoms. The average Bonchev–Trinajstić information content (AvgIpc) is 2.14. The van der Waals surface area contributed by atoms with Gasteiger partial charge >= 0.3 is 0 Å². The third kappa shape index (κ3) is 5.25. The van der Waals surface area contributed by atoms with Gasteiger partial charge in [0.1, 0.15) is 0 Å². The molecule has 0 aliphatic rings. The van der Waals surface area contributed by atoms with Crippen LogP contribution in [0.15, 0.2) is 12.2 Å². The van der Waals surface area contributed by atoms with E-state index in [0.29, 0.717) is 6.42 Å². The van der Waals surface area contributed by atoms with Gasteiger partial charge in [0, 0.05) is 0 Å². The minimum atomic E-state index is -1.75. The Balaban J connectivity index is 4.50. The Kier molecular flexibility index (Phi) is 6.31. The fourth-order valence-electron chi connectivity index (χ4n) is 1.37. The van der Waals surface area contributed by atoms with Crippen LogP contribution >= 0.6 is 0 Å². The van der Waals surface area contributed by atoms with E-state index in [1.165, 1.54) is 0 Å². The molecule has 0 spiro atoms. The van der Waals surface area contributed by atoms with Crippen molar-refractivity contribution in [3.63, 3.8) is 0 Å². The van der Waals surface area contributed by atoms with Crippen LogP contribution < -0.4 is 0 Å². The van der Waals surface area contributed by atoms with E-state index >= 15 is 0 Å². The van der Waals surface area contributed by atoms with Crippen LogP contribution in [0.3, 0.4) is 0 Å². The Morgan fingerprint density at radius 3 is 2.00 bits per heavy atom. The van der Waals surface area contributed by atoms with Crippen molar-refractivity contribution in [1.29, 1.82) is 0 Å². The first-order chi connectivity index (χ1) is 7.88. The summed E-state index contributed by atoms with van der Waals surface area (Å²) in [6.07, 6.45) is 0.343. The topological polar surface area (TPSA) is 29.5 Å². The fourth-order valence-corrected chi connectivity index (χ4v) is 2.78. The minimum Gasteiger partial charge on any atom is -0.411 e. The smallest absolute Gasteiger partial charge is 0.192 e. The predicted molar refractivity (Wildman–Crippen MR) is 82.3 cm³/mol. The lowest BCUT2D eigenvalue weighted by molar-refractivity contribution is 0.116. The first-order valence-electron chi connectivity index (χ1n) is 6.92. The molecule has 108 valence electrons. The summed E-state index contributed by atoms with van der Waals surface area (Å²) < 4.78 is 6.27. The van der Waals surface area contributed by atoms with Gasteiger partial charge in [0.05, 0.1) is 12.2 Å². The summed E-state index contributed by atoms with van der Waals surface area (Å²) in [7, 11) is -1.75. The molecule has 0 saturated heterocycles. The molecular weight excluding hydrogens is 240 g/mol. The Morgan fingerprint density at radius 2 is 1.67 bits per heavy atom. The number of rotatable bonds is 6. The molecule has 18 heavy (non-hydrogen) atoms. The third-order valence-electron chi connectivity index (χ3n) is 4.09. The molecule has 0 saturated carbocycles. The van der Waals surface area contributed by atoms with Crippen LogP contribution in [0, 0.1) is 5.92 Å². The zero-order valence-corrected chi connectivity index (χ0v) is 14.5. The largest absolute Gasteiger partial charge is 0.411 e. The molecule has 0 aliphatic heterocycles. The molecule has 0 rings (SSSR count). The molecule has 0 aromatic rings. The maximum atomic E-state index is 9.90. The van der Waals surface area contributed by atoms with Crippen LogP contribution in [0.1, 0.15) is 48.0 Å². The van der Waals surface area contributed by atoms with Crippen molar-refractivity contribution in [1.82, 2.24) is 0 Å². The van der Waals surface area contributed by atoms with E-state index < -0.39 is 8.32 Å². The average molecular weight is 273 g/mol. The lowest BCUT2D eigenvalue weighted by atomic mass is 9.98. The van der Waals surface area contributed by atoms with Crippen LogP contribution in [-0.4, -0.2) is 25.6 Å². The normalized spacial score (nSPS) is 16.8. The number of aliphatic hydroxyl groups excluding tert-OH is 1. The van der Waals surface area contributed by atoms with E-state index in [9.17, 15) is 5.11 Å². The van der Waals surface area contributed by atoms with Gasteiger partial charge < -0.3 is 9.53 Å². The molecule has 0 amide bonds. The van der Waals surface area contributed by atoms with Crippen LogP contribution in [0.4, 0.5) is 0 Å². The van der Waals surface area contributed by atoms with Gasteiger partial charge in [-0.15, -0.1) is 0 Å². The molecule has 0 heterocycles. The lowest BCUT2D eigenvalue weighted by Crippen LogP contribution is -2.43. The van der Waals surface area contributed by atoms with Gasteiger partial charge in [0.2, 0.25) is 0 Å². The quantitative estimate of drug-likeness (QED) is 0.575. The van der Waals surface area contributed by atoms with Gasteiger partial charge in [-0.2, -0.15) is 0 Å². The summed E-state index contributed by atoms with van der Waals surface area (Å²) in [5.41, 5.74) is 1.00. The Morgan fingerprint density at radius 1 is 1.22 bits per heavy atom. The fraction of sp³-hybridized carbons (Fsp3) is 0.867. The van der Waals surface area contributed by atoms with E-state index in [4.69, 9.17) is 4.43 Å². The van der Waals surface area contributed by atoms with Crippen molar-refractivity contribution in [3.05, 3.63) is 12.2 Å². The Bertz CT molecular complexity index is 277. The zero-order valence-electron chi connectivity index (χ0n) is 13.5. The van der Waals surface area contributed by atoms with Crippen molar-refractivity contribution in [2.75, 3.05) is 0 Å². The molecule has 0 unspecified atom stereocenters. The summed E-state index contributed by atoms with van der Waals surface area (Å²) in [6.45, 7) is 21.4. The predicted octanol–water partition coefficient (Wildman–Crippen LogP) is 4.36. The minimum absolute atomic E-state index is 0.0271. The van der Waals surface area contributed by atoms with Gasteiger partial charge in [-0.05, 0) is 43.0 Å². The summed E-state index contributed by atoms with van der Waals surface area (Å²) in [4.78, 5) is 0. The number of aliphatic hydroxyl groups is 1. The van der Waals surface area contributed by atoms with Crippen LogP contribution in [0.5, 0.6) is 0 Å². The van der Waals surface area contributed by atoms with Crippen molar-refractivity contribution >= 4 is 8.32 Å². The standard InChI is InChI=1S/C15H32O2Si/c1-11(2)14(16)10-12(3)13(4)17-18(8,9)15(5,6)7/h11,13-14,16H,3,10H2,1-2,4-9H3/t13-,14-/m1/s1. The highest BCUT2D eigenvalue weighted by Gasteiger charge is 2.38. The van der Waals surface area contributed by atoms with E-state index in [1.54, 1.807) is 0 Å². The van der Waals surface area contributed by atoms with Crippen LogP contribution in [0.25, 0.3) is 0 Å². The summed E-state index contributed by atoms with van der Waals surface area (Å²) in [5, 5.41) is 10.1. The summed E-state index contributed by atoms with van der Waals surface area (Å²) in [5.74, 6) is 0.266. The van der Waals surface area contributed by atoms with Crippen LogP contribution in [0.2, 0.25) is 18.1 Å². The Hall–Kier alpha value is -0.123. The second-order valence-corrected chi connectivity index (χ2v) is 12.0. The highest BCUT2D eigenvalue weighted by molar-refractivity contribution is 6.74. The molecule has 0 aliphatic carbocycles. The van der Waals surface area contributed by atoms with E-state index in [0.717, 1.165) is 5.57 Å². The Labute approximate surface area is 115 Å². The maximum absolute atomic E-state index is 9.90. The molecule has 0 aromatic heterocycles. The SMILES string of the molecule is C=C(C[C@@H](O)C(C)C)[C@@H](C)O[Si](C)(C)C(C)(C)C. The van der Waals surface area contributed by atoms with E-state index in [1.807, 2.05) is 13.8 Å². The highest BCUT2D eigenvalue weighted by atomic mass is 28.4. The van der Waals surface area contributed by atoms with Crippen molar-refractivity contribution < 1.29 is 9.53 Å². The second kappa shape index (κ2) is 6.35. The first kappa shape index (κ1) is 17.9. The molecule has 2 nitrogen and oxygen atoms in total. The maximum Gasteiger partial charge on any atom is 0.192 e. The van der Waals surface area contributed by atoms with Crippen LogP contribution in [-0.2, 0) is 4.43 Å². The lowest BCUT2D eigenvalue weighted by Gasteiger charge is -2.39. The molecule has 2 atom stereocenters. The first-order valence-corrected chi connectivity index (χ1v) is 9.83. The van der Waals surface area contributed by atoms with Crippen molar-refractivity contribution in [2.24, 2.45) is 5.92 Å². The summed E-state index contributed by atoms with van der Waals surface area (Å²) >= 11 is 0. The molecular formula is C15H32O2Si. The number of hydrogen-bond acceptors (Lipinski definition) is 2. The van der Waals surface area contributed by atoms with Gasteiger partial charge in [-0.1, -0.05) is 41.2 Å². The third-order valence-corrected chi connectivity index (χ3v) is 8.65. The highest BCUT2D eigenvalue weighted by Crippen LogP contribution is 2.38. The van der Waals surface area contributed by atoms with E-state index in [-0.39, 0.29) is 23.2 Å². The van der Waals surface area contributed by atoms with Crippen molar-refractivity contribution in [3.8, 4) is 0 Å². The number of hydrogen-bond donors (Lipinski definition) is 1. The van der Waals surface area contributed by atoms with Gasteiger partial charge in [-0.3, -0.25) is 0 Å². The van der Waals surface area contributed by atoms with Gasteiger partial charge in [-0.25, -0.2) is 0 Å². The van der Waals surface area contributed by atoms with Gasteiger partial charge in [0.15, 0.2) is 8.32 Å².